The van der Waals surface area contributed by atoms with Gasteiger partial charge in [0.05, 0.1) is 6.10 Å². The molecule has 0 aliphatic heterocycles. The summed E-state index contributed by atoms with van der Waals surface area (Å²) >= 11 is 0. The minimum Gasteiger partial charge on any atom is -0.393 e. The van der Waals surface area contributed by atoms with Gasteiger partial charge in [-0.05, 0) is 69.1 Å². The SMILES string of the molecule is CC(=O)[C@@]1(O)CC[C@H]2[C@@H]3C(=O)C(=O)[C@H]4C[C@@H](O)CC[C@]4(C)[C@H]3CC[C@@]21C. The Morgan fingerprint density at radius 2 is 1.65 bits per heavy atom. The second-order valence-corrected chi connectivity index (χ2v) is 9.87. The largest absolute Gasteiger partial charge is 0.393 e. The summed E-state index contributed by atoms with van der Waals surface area (Å²) in [4.78, 5) is 38.3. The van der Waals surface area contributed by atoms with Gasteiger partial charge in [0.1, 0.15) is 5.60 Å². The van der Waals surface area contributed by atoms with E-state index in [9.17, 15) is 24.6 Å². The lowest BCUT2D eigenvalue weighted by molar-refractivity contribution is -0.180. The van der Waals surface area contributed by atoms with E-state index in [2.05, 4.69) is 6.92 Å². The van der Waals surface area contributed by atoms with Gasteiger partial charge in [0, 0.05) is 17.3 Å². The molecular formula is C21H30O5. The lowest BCUT2D eigenvalue weighted by Gasteiger charge is -2.59. The highest BCUT2D eigenvalue weighted by atomic mass is 16.3. The lowest BCUT2D eigenvalue weighted by atomic mass is 9.43. The van der Waals surface area contributed by atoms with Crippen molar-refractivity contribution in [3.8, 4) is 0 Å². The van der Waals surface area contributed by atoms with E-state index in [0.29, 0.717) is 32.1 Å². The molecule has 0 radical (unpaired) electrons. The standard InChI is InChI=1S/C21H30O5/c1-11(22)21(26)9-6-14-16-13(5-8-20(14,21)3)19(2)7-4-12(23)10-15(19)17(24)18(16)25/h12-16,23,26H,4-10H2,1-3H3/t12-,13-,14-,15+,16+,19+,20-,21-/m0/s1. The average Bonchev–Trinajstić information content (AvgIpc) is 2.87. The van der Waals surface area contributed by atoms with Gasteiger partial charge in [-0.2, -0.15) is 0 Å². The van der Waals surface area contributed by atoms with Crippen LogP contribution >= 0.6 is 0 Å². The van der Waals surface area contributed by atoms with E-state index in [1.807, 2.05) is 6.92 Å². The number of aliphatic hydroxyl groups is 2. The first kappa shape index (κ1) is 18.3. The maximum absolute atomic E-state index is 13.1. The molecule has 144 valence electrons. The third-order valence-corrected chi connectivity index (χ3v) is 9.03. The molecule has 0 heterocycles. The van der Waals surface area contributed by atoms with Crippen LogP contribution in [0, 0.1) is 34.5 Å². The highest BCUT2D eigenvalue weighted by Gasteiger charge is 2.69. The van der Waals surface area contributed by atoms with Crippen molar-refractivity contribution in [1.82, 2.24) is 0 Å². The Hall–Kier alpha value is -1.07. The molecule has 0 aromatic carbocycles. The van der Waals surface area contributed by atoms with E-state index < -0.39 is 17.1 Å². The minimum absolute atomic E-state index is 0.109. The van der Waals surface area contributed by atoms with Gasteiger partial charge in [0.15, 0.2) is 5.78 Å². The molecule has 0 bridgehead atoms. The molecule has 4 fully saturated rings. The maximum Gasteiger partial charge on any atom is 0.202 e. The van der Waals surface area contributed by atoms with Gasteiger partial charge in [-0.1, -0.05) is 13.8 Å². The molecule has 0 aromatic rings. The van der Waals surface area contributed by atoms with E-state index in [1.165, 1.54) is 6.92 Å². The molecule has 0 spiro atoms. The zero-order valence-electron chi connectivity index (χ0n) is 16.0. The summed E-state index contributed by atoms with van der Waals surface area (Å²) in [5.74, 6) is -1.62. The molecule has 0 unspecified atom stereocenters. The molecule has 2 N–H and O–H groups in total. The van der Waals surface area contributed by atoms with Crippen molar-refractivity contribution in [2.75, 3.05) is 0 Å². The fourth-order valence-corrected chi connectivity index (χ4v) is 7.34. The second kappa shape index (κ2) is 5.48. The minimum atomic E-state index is -1.38. The summed E-state index contributed by atoms with van der Waals surface area (Å²) in [5, 5.41) is 21.2. The number of hydrogen-bond acceptors (Lipinski definition) is 5. The van der Waals surface area contributed by atoms with Crippen LogP contribution in [0.15, 0.2) is 0 Å². The molecule has 0 saturated heterocycles. The lowest BCUT2D eigenvalue weighted by Crippen LogP contribution is -2.63. The first-order valence-electron chi connectivity index (χ1n) is 10.1. The predicted molar refractivity (Wildman–Crippen MR) is 94.1 cm³/mol. The number of fused-ring (bicyclic) bond motifs is 5. The highest BCUT2D eigenvalue weighted by Crippen LogP contribution is 2.67. The normalized spacial score (nSPS) is 53.7. The number of aliphatic hydroxyl groups excluding tert-OH is 1. The van der Waals surface area contributed by atoms with Crippen LogP contribution < -0.4 is 0 Å². The fourth-order valence-electron chi connectivity index (χ4n) is 7.34. The number of Topliss-reactive ketones (excluding diaryl/α,β-unsaturated/α-hetero) is 3. The number of rotatable bonds is 1. The first-order valence-corrected chi connectivity index (χ1v) is 10.1. The van der Waals surface area contributed by atoms with Gasteiger partial charge in [-0.3, -0.25) is 14.4 Å². The van der Waals surface area contributed by atoms with Crippen LogP contribution in [0.5, 0.6) is 0 Å². The first-order chi connectivity index (χ1) is 12.1. The van der Waals surface area contributed by atoms with Gasteiger partial charge < -0.3 is 10.2 Å². The molecule has 0 aromatic heterocycles. The van der Waals surface area contributed by atoms with E-state index in [4.69, 9.17) is 0 Å². The second-order valence-electron chi connectivity index (χ2n) is 9.87. The summed E-state index contributed by atoms with van der Waals surface area (Å²) in [7, 11) is 0. The third kappa shape index (κ3) is 2.02. The Morgan fingerprint density at radius 3 is 2.31 bits per heavy atom. The topological polar surface area (TPSA) is 91.7 Å². The van der Waals surface area contributed by atoms with Crippen LogP contribution in [0.4, 0.5) is 0 Å². The summed E-state index contributed by atoms with van der Waals surface area (Å²) < 4.78 is 0. The molecule has 0 amide bonds. The van der Waals surface area contributed by atoms with E-state index >= 15 is 0 Å². The van der Waals surface area contributed by atoms with Gasteiger partial charge in [-0.25, -0.2) is 0 Å². The van der Waals surface area contributed by atoms with Crippen LogP contribution in [-0.4, -0.2) is 39.3 Å². The Kier molecular flexibility index (Phi) is 3.86. The smallest absolute Gasteiger partial charge is 0.202 e. The molecule has 4 aliphatic carbocycles. The van der Waals surface area contributed by atoms with Crippen LogP contribution in [0.3, 0.4) is 0 Å². The van der Waals surface area contributed by atoms with Crippen molar-refractivity contribution in [2.24, 2.45) is 34.5 Å². The van der Waals surface area contributed by atoms with Crippen LogP contribution in [0.1, 0.15) is 65.7 Å². The third-order valence-electron chi connectivity index (χ3n) is 9.03. The molecule has 26 heavy (non-hydrogen) atoms. The van der Waals surface area contributed by atoms with E-state index in [0.717, 1.165) is 12.8 Å². The summed E-state index contributed by atoms with van der Waals surface area (Å²) in [6.45, 7) is 5.51. The van der Waals surface area contributed by atoms with E-state index in [1.54, 1.807) is 0 Å². The number of carbonyl (C=O) groups excluding carboxylic acids is 3. The van der Waals surface area contributed by atoms with Crippen LogP contribution in [0.25, 0.3) is 0 Å². The Bertz CT molecular complexity index is 686. The van der Waals surface area contributed by atoms with Gasteiger partial charge >= 0.3 is 0 Å². The number of ketones is 3. The molecular weight excluding hydrogens is 332 g/mol. The monoisotopic (exact) mass is 362 g/mol. The fraction of sp³-hybridized carbons (Fsp3) is 0.857. The number of carbonyl (C=O) groups is 3. The van der Waals surface area contributed by atoms with Crippen molar-refractivity contribution >= 4 is 17.3 Å². The zero-order valence-corrected chi connectivity index (χ0v) is 16.0. The molecule has 4 rings (SSSR count). The summed E-state index contributed by atoms with van der Waals surface area (Å²) in [5.41, 5.74) is -2.27. The van der Waals surface area contributed by atoms with Gasteiger partial charge in [0.25, 0.3) is 0 Å². The van der Waals surface area contributed by atoms with Crippen molar-refractivity contribution in [1.29, 1.82) is 0 Å². The summed E-state index contributed by atoms with van der Waals surface area (Å²) in [6.07, 6.45) is 3.81. The maximum atomic E-state index is 13.1. The predicted octanol–water partition coefficient (Wildman–Crippen LogP) is 2.07. The highest BCUT2D eigenvalue weighted by molar-refractivity contribution is 6.39. The molecule has 5 heteroatoms. The zero-order chi connectivity index (χ0) is 19.1. The van der Waals surface area contributed by atoms with Crippen molar-refractivity contribution in [2.45, 2.75) is 77.4 Å². The van der Waals surface area contributed by atoms with Crippen LogP contribution in [-0.2, 0) is 14.4 Å². The van der Waals surface area contributed by atoms with E-state index in [-0.39, 0.29) is 46.4 Å². The molecule has 5 nitrogen and oxygen atoms in total. The number of hydrogen-bond donors (Lipinski definition) is 2. The van der Waals surface area contributed by atoms with Gasteiger partial charge in [0.2, 0.25) is 11.6 Å². The van der Waals surface area contributed by atoms with Crippen LogP contribution in [0.2, 0.25) is 0 Å². The quantitative estimate of drug-likeness (QED) is 0.697. The summed E-state index contributed by atoms with van der Waals surface area (Å²) in [6, 6.07) is 0. The molecule has 4 aliphatic rings. The average molecular weight is 362 g/mol. The Labute approximate surface area is 154 Å². The van der Waals surface area contributed by atoms with Crippen molar-refractivity contribution in [3.63, 3.8) is 0 Å². The Morgan fingerprint density at radius 1 is 1.00 bits per heavy atom. The molecule has 8 atom stereocenters. The van der Waals surface area contributed by atoms with Crippen molar-refractivity contribution in [3.05, 3.63) is 0 Å². The molecule has 4 saturated carbocycles. The Balaban J connectivity index is 1.76. The van der Waals surface area contributed by atoms with Gasteiger partial charge in [-0.15, -0.1) is 0 Å². The van der Waals surface area contributed by atoms with Crippen molar-refractivity contribution < 1.29 is 24.6 Å².